The first-order valence-corrected chi connectivity index (χ1v) is 8.44. The molecule has 0 saturated heterocycles. The van der Waals surface area contributed by atoms with Crippen molar-refractivity contribution in [3.8, 4) is 0 Å². The molecule has 1 fully saturated rings. The zero-order chi connectivity index (χ0) is 17.6. The van der Waals surface area contributed by atoms with Gasteiger partial charge in [-0.3, -0.25) is 4.79 Å². The van der Waals surface area contributed by atoms with Crippen molar-refractivity contribution in [3.05, 3.63) is 59.8 Å². The topological polar surface area (TPSA) is 68.5 Å². The molecule has 1 atom stereocenters. The van der Waals surface area contributed by atoms with E-state index in [1.807, 2.05) is 0 Å². The third-order valence-electron chi connectivity index (χ3n) is 4.31. The highest BCUT2D eigenvalue weighted by molar-refractivity contribution is 5.90. The Labute approximate surface area is 145 Å². The average Bonchev–Trinajstić information content (AvgIpc) is 3.16. The van der Waals surface area contributed by atoms with Crippen LogP contribution in [0.4, 0.5) is 4.39 Å². The Balaban J connectivity index is 1.76. The van der Waals surface area contributed by atoms with Gasteiger partial charge in [0.25, 0.3) is 5.91 Å². The Morgan fingerprint density at radius 2 is 1.84 bits per heavy atom. The SMILES string of the molecule is O=C(OC(C(=O)NC1CCCCC1)c1ccc(F)cc1)c1ccco1. The maximum atomic E-state index is 13.2. The summed E-state index contributed by atoms with van der Waals surface area (Å²) in [5.41, 5.74) is 0.412. The summed E-state index contributed by atoms with van der Waals surface area (Å²) in [7, 11) is 0. The number of hydrogen-bond donors (Lipinski definition) is 1. The Morgan fingerprint density at radius 3 is 2.48 bits per heavy atom. The second-order valence-electron chi connectivity index (χ2n) is 6.16. The van der Waals surface area contributed by atoms with Gasteiger partial charge in [0, 0.05) is 11.6 Å². The minimum absolute atomic E-state index is 0.0116. The van der Waals surface area contributed by atoms with Gasteiger partial charge in [-0.05, 0) is 37.1 Å². The summed E-state index contributed by atoms with van der Waals surface area (Å²) in [5, 5.41) is 2.94. The molecule has 1 unspecified atom stereocenters. The summed E-state index contributed by atoms with van der Waals surface area (Å²) < 4.78 is 23.6. The molecule has 1 aromatic carbocycles. The first kappa shape index (κ1) is 17.2. The van der Waals surface area contributed by atoms with E-state index in [0.717, 1.165) is 25.7 Å². The lowest BCUT2D eigenvalue weighted by Crippen LogP contribution is -2.40. The van der Waals surface area contributed by atoms with Crippen LogP contribution in [0.5, 0.6) is 0 Å². The largest absolute Gasteiger partial charge is 0.457 e. The van der Waals surface area contributed by atoms with E-state index in [9.17, 15) is 14.0 Å². The number of benzene rings is 1. The van der Waals surface area contributed by atoms with Gasteiger partial charge in [-0.1, -0.05) is 31.4 Å². The lowest BCUT2D eigenvalue weighted by atomic mass is 9.95. The third-order valence-corrected chi connectivity index (χ3v) is 4.31. The monoisotopic (exact) mass is 345 g/mol. The van der Waals surface area contributed by atoms with Crippen molar-refractivity contribution in [2.45, 2.75) is 44.2 Å². The molecule has 5 nitrogen and oxygen atoms in total. The molecule has 1 aromatic heterocycles. The molecule has 6 heteroatoms. The summed E-state index contributed by atoms with van der Waals surface area (Å²) >= 11 is 0. The normalized spacial score (nSPS) is 16.2. The average molecular weight is 345 g/mol. The second-order valence-corrected chi connectivity index (χ2v) is 6.16. The van der Waals surface area contributed by atoms with Crippen LogP contribution in [0.3, 0.4) is 0 Å². The number of ether oxygens (including phenoxy) is 1. The smallest absolute Gasteiger partial charge is 0.375 e. The molecular weight excluding hydrogens is 325 g/mol. The van der Waals surface area contributed by atoms with Gasteiger partial charge in [0.1, 0.15) is 5.82 Å². The molecule has 1 amide bonds. The van der Waals surface area contributed by atoms with Crippen LogP contribution >= 0.6 is 0 Å². The molecule has 2 aromatic rings. The minimum Gasteiger partial charge on any atom is -0.457 e. The number of hydrogen-bond acceptors (Lipinski definition) is 4. The molecule has 0 aliphatic heterocycles. The first-order valence-electron chi connectivity index (χ1n) is 8.44. The van der Waals surface area contributed by atoms with E-state index in [1.54, 1.807) is 6.07 Å². The van der Waals surface area contributed by atoms with E-state index < -0.39 is 23.8 Å². The molecule has 0 radical (unpaired) electrons. The van der Waals surface area contributed by atoms with Gasteiger partial charge in [0.05, 0.1) is 6.26 Å². The third kappa shape index (κ3) is 4.47. The van der Waals surface area contributed by atoms with E-state index in [4.69, 9.17) is 9.15 Å². The van der Waals surface area contributed by atoms with Crippen LogP contribution in [0.15, 0.2) is 47.1 Å². The Bertz CT molecular complexity index is 706. The molecule has 1 saturated carbocycles. The van der Waals surface area contributed by atoms with Crippen LogP contribution < -0.4 is 5.32 Å². The summed E-state index contributed by atoms with van der Waals surface area (Å²) in [4.78, 5) is 24.9. The lowest BCUT2D eigenvalue weighted by Gasteiger charge is -2.25. The second kappa shape index (κ2) is 7.96. The zero-order valence-electron chi connectivity index (χ0n) is 13.7. The van der Waals surface area contributed by atoms with Gasteiger partial charge < -0.3 is 14.5 Å². The van der Waals surface area contributed by atoms with E-state index in [0.29, 0.717) is 5.56 Å². The Kier molecular flexibility index (Phi) is 5.48. The maximum absolute atomic E-state index is 13.2. The quantitative estimate of drug-likeness (QED) is 0.838. The molecule has 1 heterocycles. The number of furan rings is 1. The van der Waals surface area contributed by atoms with Crippen LogP contribution in [-0.2, 0) is 9.53 Å². The number of rotatable bonds is 5. The highest BCUT2D eigenvalue weighted by Crippen LogP contribution is 2.23. The molecule has 3 rings (SSSR count). The van der Waals surface area contributed by atoms with Crippen molar-refractivity contribution < 1.29 is 23.1 Å². The summed E-state index contributed by atoms with van der Waals surface area (Å²) in [5.74, 6) is -1.55. The molecule has 1 aliphatic carbocycles. The van der Waals surface area contributed by atoms with Gasteiger partial charge in [-0.2, -0.15) is 0 Å². The van der Waals surface area contributed by atoms with Crippen molar-refractivity contribution >= 4 is 11.9 Å². The molecule has 132 valence electrons. The molecular formula is C19H20FNO4. The highest BCUT2D eigenvalue weighted by atomic mass is 19.1. The van der Waals surface area contributed by atoms with E-state index in [1.165, 1.54) is 43.0 Å². The number of carbonyl (C=O) groups excluding carboxylic acids is 2. The molecule has 0 bridgehead atoms. The lowest BCUT2D eigenvalue weighted by molar-refractivity contribution is -0.131. The summed E-state index contributed by atoms with van der Waals surface area (Å²) in [6.07, 6.45) is 5.33. The van der Waals surface area contributed by atoms with Crippen LogP contribution in [0.25, 0.3) is 0 Å². The fourth-order valence-corrected chi connectivity index (χ4v) is 2.99. The standard InChI is InChI=1S/C19H20FNO4/c20-14-10-8-13(9-11-14)17(25-19(23)16-7-4-12-24-16)18(22)21-15-5-2-1-3-6-15/h4,7-12,15,17H,1-3,5-6H2,(H,21,22). The highest BCUT2D eigenvalue weighted by Gasteiger charge is 2.28. The number of esters is 1. The van der Waals surface area contributed by atoms with Crippen LogP contribution in [0.2, 0.25) is 0 Å². The van der Waals surface area contributed by atoms with Crippen LogP contribution in [-0.4, -0.2) is 17.9 Å². The maximum Gasteiger partial charge on any atom is 0.375 e. The number of amides is 1. The van der Waals surface area contributed by atoms with Gasteiger partial charge >= 0.3 is 5.97 Å². The first-order chi connectivity index (χ1) is 12.1. The van der Waals surface area contributed by atoms with Gasteiger partial charge in [0.2, 0.25) is 11.9 Å². The summed E-state index contributed by atoms with van der Waals surface area (Å²) in [6.45, 7) is 0. The predicted octanol–water partition coefficient (Wildman–Crippen LogP) is 3.77. The summed E-state index contributed by atoms with van der Waals surface area (Å²) in [6, 6.07) is 8.44. The number of nitrogens with one attached hydrogen (secondary N) is 1. The molecule has 0 spiro atoms. The van der Waals surface area contributed by atoms with Crippen molar-refractivity contribution in [1.82, 2.24) is 5.32 Å². The van der Waals surface area contributed by atoms with E-state index in [2.05, 4.69) is 5.32 Å². The Morgan fingerprint density at radius 1 is 1.12 bits per heavy atom. The number of halogens is 1. The van der Waals surface area contributed by atoms with Gasteiger partial charge in [-0.25, -0.2) is 9.18 Å². The fraction of sp³-hybridized carbons (Fsp3) is 0.368. The molecule has 25 heavy (non-hydrogen) atoms. The van der Waals surface area contributed by atoms with Crippen molar-refractivity contribution in [2.75, 3.05) is 0 Å². The van der Waals surface area contributed by atoms with Crippen LogP contribution in [0, 0.1) is 5.82 Å². The molecule has 1 N–H and O–H groups in total. The Hall–Kier alpha value is -2.63. The van der Waals surface area contributed by atoms with Crippen LogP contribution in [0.1, 0.15) is 54.3 Å². The zero-order valence-corrected chi connectivity index (χ0v) is 13.7. The molecule has 1 aliphatic rings. The van der Waals surface area contributed by atoms with Crippen molar-refractivity contribution in [2.24, 2.45) is 0 Å². The van der Waals surface area contributed by atoms with E-state index in [-0.39, 0.29) is 11.8 Å². The van der Waals surface area contributed by atoms with Gasteiger partial charge in [0.15, 0.2) is 0 Å². The fourth-order valence-electron chi connectivity index (χ4n) is 2.99. The van der Waals surface area contributed by atoms with E-state index >= 15 is 0 Å². The predicted molar refractivity (Wildman–Crippen MR) is 88.3 cm³/mol. The van der Waals surface area contributed by atoms with Gasteiger partial charge in [-0.15, -0.1) is 0 Å². The van der Waals surface area contributed by atoms with Crippen molar-refractivity contribution in [3.63, 3.8) is 0 Å². The number of carbonyl (C=O) groups is 2. The minimum atomic E-state index is -1.15. The van der Waals surface area contributed by atoms with Crippen molar-refractivity contribution in [1.29, 1.82) is 0 Å².